The highest BCUT2D eigenvalue weighted by molar-refractivity contribution is 7.89. The lowest BCUT2D eigenvalue weighted by atomic mass is 9.91. The number of rotatable bonds is 6. The lowest BCUT2D eigenvalue weighted by Gasteiger charge is -2.20. The maximum absolute atomic E-state index is 11.5. The van der Waals surface area contributed by atoms with E-state index in [2.05, 4.69) is 44.9 Å². The van der Waals surface area contributed by atoms with E-state index in [1.807, 2.05) is 30.3 Å². The largest absolute Gasteiger partial charge is 0.366 e. The molecule has 26 heavy (non-hydrogen) atoms. The Morgan fingerprint density at radius 2 is 1.73 bits per heavy atom. The minimum absolute atomic E-state index is 0.0556. The minimum Gasteiger partial charge on any atom is -0.366 e. The first-order valence-electron chi connectivity index (χ1n) is 8.83. The minimum atomic E-state index is -3.04. The van der Waals surface area contributed by atoms with Gasteiger partial charge in [0.25, 0.3) is 0 Å². The molecule has 0 unspecified atom stereocenters. The van der Waals surface area contributed by atoms with E-state index in [4.69, 9.17) is 4.98 Å². The molecule has 0 aliphatic rings. The standard InChI is InChI=1S/C20H29N3O2S/c1-14(2)19-22-17(20(3,4)5)11-18(23-19)21-12-15-8-7-9-16(10-15)13-26(6,24)25/h7-11,14H,12-13H2,1-6H3,(H,21,22,23). The number of anilines is 1. The van der Waals surface area contributed by atoms with Crippen LogP contribution < -0.4 is 5.32 Å². The van der Waals surface area contributed by atoms with Gasteiger partial charge in [0, 0.05) is 30.2 Å². The zero-order valence-electron chi connectivity index (χ0n) is 16.5. The Balaban J connectivity index is 2.21. The van der Waals surface area contributed by atoms with E-state index in [9.17, 15) is 8.42 Å². The zero-order chi connectivity index (χ0) is 19.5. The fourth-order valence-corrected chi connectivity index (χ4v) is 3.31. The molecule has 0 fully saturated rings. The Morgan fingerprint density at radius 1 is 1.08 bits per heavy atom. The van der Waals surface area contributed by atoms with Crippen molar-refractivity contribution in [3.05, 3.63) is 53.0 Å². The second kappa shape index (κ2) is 7.74. The third-order valence-corrected chi connectivity index (χ3v) is 4.78. The number of benzene rings is 1. The first kappa shape index (κ1) is 20.4. The second-order valence-electron chi connectivity index (χ2n) is 8.14. The van der Waals surface area contributed by atoms with E-state index >= 15 is 0 Å². The molecule has 0 amide bonds. The number of aromatic nitrogens is 2. The third-order valence-electron chi connectivity index (χ3n) is 3.92. The summed E-state index contributed by atoms with van der Waals surface area (Å²) < 4.78 is 23.0. The fourth-order valence-electron chi connectivity index (χ4n) is 2.52. The van der Waals surface area contributed by atoms with Gasteiger partial charge in [0.1, 0.15) is 11.6 Å². The number of hydrogen-bond donors (Lipinski definition) is 1. The maximum atomic E-state index is 11.5. The van der Waals surface area contributed by atoms with Crippen LogP contribution in [-0.2, 0) is 27.5 Å². The molecule has 0 radical (unpaired) electrons. The van der Waals surface area contributed by atoms with Gasteiger partial charge in [0.15, 0.2) is 9.84 Å². The molecule has 0 bridgehead atoms. The third kappa shape index (κ3) is 6.09. The Labute approximate surface area is 157 Å². The first-order chi connectivity index (χ1) is 11.9. The molecule has 0 atom stereocenters. The van der Waals surface area contributed by atoms with Crippen LogP contribution in [0.1, 0.15) is 63.2 Å². The van der Waals surface area contributed by atoms with Crippen molar-refractivity contribution in [3.8, 4) is 0 Å². The molecule has 5 nitrogen and oxygen atoms in total. The van der Waals surface area contributed by atoms with Gasteiger partial charge in [-0.2, -0.15) is 0 Å². The smallest absolute Gasteiger partial charge is 0.151 e. The van der Waals surface area contributed by atoms with Crippen LogP contribution in [0.5, 0.6) is 0 Å². The Morgan fingerprint density at radius 3 is 2.31 bits per heavy atom. The van der Waals surface area contributed by atoms with Crippen molar-refractivity contribution in [1.82, 2.24) is 9.97 Å². The highest BCUT2D eigenvalue weighted by atomic mass is 32.2. The summed E-state index contributed by atoms with van der Waals surface area (Å²) >= 11 is 0. The summed E-state index contributed by atoms with van der Waals surface area (Å²) in [6.07, 6.45) is 1.25. The number of nitrogens with zero attached hydrogens (tertiary/aromatic N) is 2. The van der Waals surface area contributed by atoms with E-state index < -0.39 is 9.84 Å². The van der Waals surface area contributed by atoms with Gasteiger partial charge in [-0.3, -0.25) is 0 Å². The van der Waals surface area contributed by atoms with Gasteiger partial charge in [0.05, 0.1) is 11.4 Å². The van der Waals surface area contributed by atoms with Crippen LogP contribution in [0.4, 0.5) is 5.82 Å². The first-order valence-corrected chi connectivity index (χ1v) is 10.9. The summed E-state index contributed by atoms with van der Waals surface area (Å²) in [6, 6.07) is 9.62. The topological polar surface area (TPSA) is 72.0 Å². The van der Waals surface area contributed by atoms with Crippen LogP contribution in [0.2, 0.25) is 0 Å². The molecular weight excluding hydrogens is 346 g/mol. The highest BCUT2D eigenvalue weighted by Crippen LogP contribution is 2.24. The summed E-state index contributed by atoms with van der Waals surface area (Å²) in [5.74, 6) is 1.92. The van der Waals surface area contributed by atoms with Crippen molar-refractivity contribution in [3.63, 3.8) is 0 Å². The summed E-state index contributed by atoms with van der Waals surface area (Å²) in [5.41, 5.74) is 2.77. The molecule has 1 heterocycles. The second-order valence-corrected chi connectivity index (χ2v) is 10.3. The predicted octanol–water partition coefficient (Wildman–Crippen LogP) is 4.05. The Kier molecular flexibility index (Phi) is 6.06. The van der Waals surface area contributed by atoms with Crippen molar-refractivity contribution in [1.29, 1.82) is 0 Å². The molecule has 6 heteroatoms. The van der Waals surface area contributed by atoms with Crippen LogP contribution in [0, 0.1) is 0 Å². The van der Waals surface area contributed by atoms with Crippen molar-refractivity contribution in [2.24, 2.45) is 0 Å². The number of sulfone groups is 1. The normalized spacial score (nSPS) is 12.4. The predicted molar refractivity (Wildman–Crippen MR) is 107 cm³/mol. The number of nitrogens with one attached hydrogen (secondary N) is 1. The van der Waals surface area contributed by atoms with Crippen LogP contribution in [0.25, 0.3) is 0 Å². The maximum Gasteiger partial charge on any atom is 0.151 e. The van der Waals surface area contributed by atoms with Crippen molar-refractivity contribution >= 4 is 15.7 Å². The van der Waals surface area contributed by atoms with E-state index in [0.717, 1.165) is 28.5 Å². The summed E-state index contributed by atoms with van der Waals surface area (Å²) in [4.78, 5) is 9.32. The van der Waals surface area contributed by atoms with E-state index in [1.54, 1.807) is 0 Å². The molecular formula is C20H29N3O2S. The molecule has 0 spiro atoms. The molecule has 0 aliphatic heterocycles. The summed E-state index contributed by atoms with van der Waals surface area (Å²) in [5, 5.41) is 3.36. The number of hydrogen-bond acceptors (Lipinski definition) is 5. The molecule has 0 saturated carbocycles. The van der Waals surface area contributed by atoms with Crippen molar-refractivity contribution in [2.45, 2.75) is 58.2 Å². The van der Waals surface area contributed by atoms with Gasteiger partial charge in [-0.1, -0.05) is 58.9 Å². The van der Waals surface area contributed by atoms with Crippen LogP contribution in [0.3, 0.4) is 0 Å². The SMILES string of the molecule is CC(C)c1nc(NCc2cccc(CS(C)(=O)=O)c2)cc(C(C)(C)C)n1. The van der Waals surface area contributed by atoms with Gasteiger partial charge >= 0.3 is 0 Å². The van der Waals surface area contributed by atoms with Crippen LogP contribution in [-0.4, -0.2) is 24.6 Å². The lowest BCUT2D eigenvalue weighted by Crippen LogP contribution is -2.17. The molecule has 2 aromatic rings. The zero-order valence-corrected chi connectivity index (χ0v) is 17.3. The molecule has 0 aliphatic carbocycles. The molecule has 2 rings (SSSR count). The lowest BCUT2D eigenvalue weighted by molar-refractivity contribution is 0.558. The highest BCUT2D eigenvalue weighted by Gasteiger charge is 2.19. The van der Waals surface area contributed by atoms with Gasteiger partial charge in [-0.05, 0) is 11.1 Å². The quantitative estimate of drug-likeness (QED) is 0.824. The van der Waals surface area contributed by atoms with Gasteiger partial charge in [0.2, 0.25) is 0 Å². The van der Waals surface area contributed by atoms with E-state index in [0.29, 0.717) is 6.54 Å². The molecule has 1 N–H and O–H groups in total. The van der Waals surface area contributed by atoms with Gasteiger partial charge in [-0.15, -0.1) is 0 Å². The van der Waals surface area contributed by atoms with Crippen LogP contribution >= 0.6 is 0 Å². The van der Waals surface area contributed by atoms with Crippen molar-refractivity contribution < 1.29 is 8.42 Å². The Hall–Kier alpha value is -1.95. The summed E-state index contributed by atoms with van der Waals surface area (Å²) in [7, 11) is -3.04. The van der Waals surface area contributed by atoms with Gasteiger partial charge in [-0.25, -0.2) is 18.4 Å². The van der Waals surface area contributed by atoms with Gasteiger partial charge < -0.3 is 5.32 Å². The van der Waals surface area contributed by atoms with Crippen LogP contribution in [0.15, 0.2) is 30.3 Å². The fraction of sp³-hybridized carbons (Fsp3) is 0.500. The Bertz CT molecular complexity index is 869. The summed E-state index contributed by atoms with van der Waals surface area (Å²) in [6.45, 7) is 11.2. The monoisotopic (exact) mass is 375 g/mol. The van der Waals surface area contributed by atoms with Crippen molar-refractivity contribution in [2.75, 3.05) is 11.6 Å². The molecule has 0 saturated heterocycles. The average Bonchev–Trinajstić information content (AvgIpc) is 2.50. The molecule has 1 aromatic carbocycles. The molecule has 1 aromatic heterocycles. The average molecular weight is 376 g/mol. The molecule has 142 valence electrons. The van der Waals surface area contributed by atoms with E-state index in [-0.39, 0.29) is 17.1 Å². The van der Waals surface area contributed by atoms with E-state index in [1.165, 1.54) is 6.26 Å².